The molecule has 0 atom stereocenters. The first-order valence-corrected chi connectivity index (χ1v) is 9.49. The molecule has 1 N–H and O–H groups in total. The number of aryl methyl sites for hydroxylation is 2. The number of nitrogens with one attached hydrogen (secondary N) is 1. The van der Waals surface area contributed by atoms with Gasteiger partial charge in [-0.1, -0.05) is 23.9 Å². The fourth-order valence-corrected chi connectivity index (χ4v) is 3.07. The van der Waals surface area contributed by atoms with Crippen molar-refractivity contribution in [2.24, 2.45) is 0 Å². The molecule has 1 amide bonds. The normalized spacial score (nSPS) is 10.5. The van der Waals surface area contributed by atoms with Crippen LogP contribution in [0.3, 0.4) is 0 Å². The maximum atomic E-state index is 12.0. The summed E-state index contributed by atoms with van der Waals surface area (Å²) in [7, 11) is 0. The van der Waals surface area contributed by atoms with Crippen LogP contribution in [0.5, 0.6) is 0 Å². The van der Waals surface area contributed by atoms with E-state index in [-0.39, 0.29) is 17.3 Å². The van der Waals surface area contributed by atoms with E-state index in [1.54, 1.807) is 0 Å². The molecule has 142 valence electrons. The molecular weight excluding hydrogens is 376 g/mol. The van der Waals surface area contributed by atoms with Crippen LogP contribution >= 0.6 is 11.8 Å². The van der Waals surface area contributed by atoms with Crippen LogP contribution in [0.4, 0.5) is 11.4 Å². The number of aromatic nitrogens is 2. The molecule has 0 aliphatic heterocycles. The third kappa shape index (κ3) is 4.92. The first-order chi connectivity index (χ1) is 13.4. The topological polar surface area (TPSA) is 98.0 Å². The van der Waals surface area contributed by atoms with Gasteiger partial charge in [-0.3, -0.25) is 14.9 Å². The number of carbonyl (C=O) groups is 1. The van der Waals surface area contributed by atoms with Crippen LogP contribution in [0.1, 0.15) is 11.1 Å². The Balaban J connectivity index is 1.56. The molecule has 0 saturated carbocycles. The molecule has 0 aliphatic rings. The van der Waals surface area contributed by atoms with E-state index < -0.39 is 4.92 Å². The second-order valence-corrected chi connectivity index (χ2v) is 7.19. The highest BCUT2D eigenvalue weighted by Gasteiger charge is 2.08. The van der Waals surface area contributed by atoms with Gasteiger partial charge in [0.2, 0.25) is 5.91 Å². The van der Waals surface area contributed by atoms with Crippen LogP contribution in [-0.4, -0.2) is 26.8 Å². The van der Waals surface area contributed by atoms with Crippen LogP contribution < -0.4 is 5.32 Å². The summed E-state index contributed by atoms with van der Waals surface area (Å²) in [6.45, 7) is 4.12. The number of thioether (sulfide) groups is 1. The van der Waals surface area contributed by atoms with Gasteiger partial charge in [-0.2, -0.15) is 0 Å². The van der Waals surface area contributed by atoms with Crippen LogP contribution in [0.25, 0.3) is 11.3 Å². The summed E-state index contributed by atoms with van der Waals surface area (Å²) in [5, 5.41) is 22.4. The van der Waals surface area contributed by atoms with Crippen LogP contribution in [0.2, 0.25) is 0 Å². The van der Waals surface area contributed by atoms with Crippen molar-refractivity contribution in [3.8, 4) is 11.3 Å². The molecule has 0 spiro atoms. The Bertz CT molecular complexity index is 1000. The summed E-state index contributed by atoms with van der Waals surface area (Å²) >= 11 is 1.27. The first kappa shape index (κ1) is 19.5. The summed E-state index contributed by atoms with van der Waals surface area (Å²) in [5.41, 5.74) is 4.69. The highest BCUT2D eigenvalue weighted by Crippen LogP contribution is 2.22. The van der Waals surface area contributed by atoms with Crippen molar-refractivity contribution < 1.29 is 9.72 Å². The van der Waals surface area contributed by atoms with Crippen molar-refractivity contribution in [1.29, 1.82) is 0 Å². The SMILES string of the molecule is Cc1ccc(-c2ccc(SCC(=O)Nc3ccc([N+](=O)[O-])cc3)nn2)cc1C. The van der Waals surface area contributed by atoms with E-state index in [9.17, 15) is 14.9 Å². The van der Waals surface area contributed by atoms with E-state index >= 15 is 0 Å². The summed E-state index contributed by atoms with van der Waals surface area (Å²) < 4.78 is 0. The second-order valence-electron chi connectivity index (χ2n) is 6.20. The Morgan fingerprint density at radius 1 is 1.04 bits per heavy atom. The Labute approximate surface area is 166 Å². The Morgan fingerprint density at radius 2 is 1.79 bits per heavy atom. The average Bonchev–Trinajstić information content (AvgIpc) is 2.69. The van der Waals surface area contributed by atoms with Crippen LogP contribution in [0.15, 0.2) is 59.6 Å². The van der Waals surface area contributed by atoms with Crippen LogP contribution in [-0.2, 0) is 4.79 Å². The number of carbonyl (C=O) groups excluding carboxylic acids is 1. The third-order valence-corrected chi connectivity index (χ3v) is 5.08. The van der Waals surface area contributed by atoms with E-state index in [2.05, 4.69) is 41.5 Å². The smallest absolute Gasteiger partial charge is 0.269 e. The minimum absolute atomic E-state index is 0.0218. The maximum Gasteiger partial charge on any atom is 0.269 e. The molecule has 0 aliphatic carbocycles. The number of benzene rings is 2. The van der Waals surface area contributed by atoms with Gasteiger partial charge in [0, 0.05) is 23.4 Å². The molecule has 0 bridgehead atoms. The van der Waals surface area contributed by atoms with Gasteiger partial charge >= 0.3 is 0 Å². The number of anilines is 1. The number of hydrogen-bond donors (Lipinski definition) is 1. The van der Waals surface area contributed by atoms with E-state index in [0.717, 1.165) is 11.3 Å². The zero-order valence-corrected chi connectivity index (χ0v) is 16.2. The van der Waals surface area contributed by atoms with Crippen molar-refractivity contribution >= 4 is 29.0 Å². The molecule has 3 rings (SSSR count). The molecule has 0 unspecified atom stereocenters. The van der Waals surface area contributed by atoms with Gasteiger partial charge in [-0.05, 0) is 55.3 Å². The fraction of sp³-hybridized carbons (Fsp3) is 0.150. The van der Waals surface area contributed by atoms with Crippen molar-refractivity contribution in [3.05, 3.63) is 75.8 Å². The van der Waals surface area contributed by atoms with Gasteiger partial charge in [-0.25, -0.2) is 0 Å². The highest BCUT2D eigenvalue weighted by atomic mass is 32.2. The van der Waals surface area contributed by atoms with Gasteiger partial charge in [0.25, 0.3) is 5.69 Å². The molecular formula is C20H18N4O3S. The summed E-state index contributed by atoms with van der Waals surface area (Å²) in [5.74, 6) is -0.0619. The third-order valence-electron chi connectivity index (χ3n) is 4.16. The predicted octanol–water partition coefficient (Wildman–Crippen LogP) is 4.40. The number of nitro groups is 1. The molecule has 2 aromatic carbocycles. The Hall–Kier alpha value is -3.26. The number of rotatable bonds is 6. The molecule has 28 heavy (non-hydrogen) atoms. The minimum Gasteiger partial charge on any atom is -0.325 e. The van der Waals surface area contributed by atoms with Gasteiger partial charge in [0.1, 0.15) is 5.03 Å². The lowest BCUT2D eigenvalue weighted by Gasteiger charge is -2.06. The fourth-order valence-electron chi connectivity index (χ4n) is 2.45. The molecule has 8 heteroatoms. The van der Waals surface area contributed by atoms with E-state index in [1.165, 1.54) is 47.2 Å². The lowest BCUT2D eigenvalue weighted by atomic mass is 10.0. The molecule has 0 radical (unpaired) electrons. The number of nitro benzene ring substituents is 1. The molecule has 1 heterocycles. The predicted molar refractivity (Wildman–Crippen MR) is 109 cm³/mol. The molecule has 1 aromatic heterocycles. The summed E-state index contributed by atoms with van der Waals surface area (Å²) in [4.78, 5) is 22.2. The van der Waals surface area contributed by atoms with Gasteiger partial charge in [0.15, 0.2) is 0 Å². The quantitative estimate of drug-likeness (QED) is 0.378. The summed E-state index contributed by atoms with van der Waals surface area (Å²) in [6.07, 6.45) is 0. The van der Waals surface area contributed by atoms with Gasteiger partial charge in [0.05, 0.1) is 16.4 Å². The van der Waals surface area contributed by atoms with Crippen molar-refractivity contribution in [2.45, 2.75) is 18.9 Å². The number of nitrogens with zero attached hydrogens (tertiary/aromatic N) is 3. The van der Waals surface area contributed by atoms with Gasteiger partial charge < -0.3 is 5.32 Å². The number of hydrogen-bond acceptors (Lipinski definition) is 6. The highest BCUT2D eigenvalue weighted by molar-refractivity contribution is 7.99. The molecule has 7 nitrogen and oxygen atoms in total. The molecule has 0 saturated heterocycles. The minimum atomic E-state index is -0.484. The lowest BCUT2D eigenvalue weighted by Crippen LogP contribution is -2.14. The number of non-ortho nitro benzene ring substituents is 1. The van der Waals surface area contributed by atoms with Crippen molar-refractivity contribution in [2.75, 3.05) is 11.1 Å². The lowest BCUT2D eigenvalue weighted by molar-refractivity contribution is -0.384. The number of amides is 1. The molecule has 0 fully saturated rings. The zero-order valence-electron chi connectivity index (χ0n) is 15.4. The van der Waals surface area contributed by atoms with Crippen LogP contribution in [0, 0.1) is 24.0 Å². The standard InChI is InChI=1S/C20H18N4O3S/c1-13-3-4-15(11-14(13)2)18-9-10-20(23-22-18)28-12-19(25)21-16-5-7-17(8-6-16)24(26)27/h3-11H,12H2,1-2H3,(H,21,25). The van der Waals surface area contributed by atoms with E-state index in [4.69, 9.17) is 0 Å². The second kappa shape index (κ2) is 8.62. The zero-order chi connectivity index (χ0) is 20.1. The molecule has 3 aromatic rings. The van der Waals surface area contributed by atoms with Crippen molar-refractivity contribution in [1.82, 2.24) is 10.2 Å². The van der Waals surface area contributed by atoms with Crippen molar-refractivity contribution in [3.63, 3.8) is 0 Å². The van der Waals surface area contributed by atoms with E-state index in [0.29, 0.717) is 10.7 Å². The summed E-state index contributed by atoms with van der Waals surface area (Å²) in [6, 6.07) is 15.5. The van der Waals surface area contributed by atoms with Gasteiger partial charge in [-0.15, -0.1) is 10.2 Å². The Kier molecular flexibility index (Phi) is 6.00. The Morgan fingerprint density at radius 3 is 2.39 bits per heavy atom. The first-order valence-electron chi connectivity index (χ1n) is 8.51. The average molecular weight is 394 g/mol. The maximum absolute atomic E-state index is 12.0. The largest absolute Gasteiger partial charge is 0.325 e. The monoisotopic (exact) mass is 394 g/mol. The van der Waals surface area contributed by atoms with E-state index in [1.807, 2.05) is 18.2 Å².